The van der Waals surface area contributed by atoms with Crippen LogP contribution in [-0.2, 0) is 9.47 Å². The van der Waals surface area contributed by atoms with Gasteiger partial charge in [-0.3, -0.25) is 0 Å². The highest BCUT2D eigenvalue weighted by Crippen LogP contribution is 2.24. The van der Waals surface area contributed by atoms with Gasteiger partial charge >= 0.3 is 12.1 Å². The van der Waals surface area contributed by atoms with Crippen LogP contribution >= 0.6 is 15.9 Å². The first-order valence-electron chi connectivity index (χ1n) is 5.67. The summed E-state index contributed by atoms with van der Waals surface area (Å²) in [6, 6.07) is 4.75. The lowest BCUT2D eigenvalue weighted by Gasteiger charge is -2.09. The van der Waals surface area contributed by atoms with Crippen LogP contribution in [0, 0.1) is 0 Å². The number of hydrogen-bond donors (Lipinski definition) is 1. The molecule has 0 saturated heterocycles. The molecule has 112 valence electrons. The summed E-state index contributed by atoms with van der Waals surface area (Å²) in [5.74, 6) is -0.597. The minimum Gasteiger partial charge on any atom is -0.462 e. The minimum absolute atomic E-state index is 0.0298. The summed E-state index contributed by atoms with van der Waals surface area (Å²) in [7, 11) is 0. The molecule has 0 amide bonds. The number of nitrogens with two attached hydrogens (primary N) is 1. The lowest BCUT2D eigenvalue weighted by Crippen LogP contribution is -2.18. The van der Waals surface area contributed by atoms with Crippen LogP contribution in [-0.4, -0.2) is 32.0 Å². The van der Waals surface area contributed by atoms with E-state index in [1.165, 1.54) is 6.07 Å². The second-order valence-electron chi connectivity index (χ2n) is 3.87. The van der Waals surface area contributed by atoms with Crippen molar-refractivity contribution in [1.82, 2.24) is 0 Å². The second kappa shape index (κ2) is 7.49. The molecule has 0 atom stereocenters. The maximum absolute atomic E-state index is 11.8. The second-order valence-corrected chi connectivity index (χ2v) is 4.66. The Morgan fingerprint density at radius 1 is 1.30 bits per heavy atom. The Morgan fingerprint density at radius 3 is 2.65 bits per heavy atom. The SMILES string of the molecule is Nc1cccc(C(=O)OCCCOCC(F)(F)F)c1Br. The molecule has 0 aliphatic heterocycles. The number of benzene rings is 1. The Labute approximate surface area is 122 Å². The third-order valence-electron chi connectivity index (χ3n) is 2.18. The molecule has 0 bridgehead atoms. The first-order chi connectivity index (χ1) is 9.31. The number of ether oxygens (including phenoxy) is 2. The standard InChI is InChI=1S/C12H13BrF3NO3/c13-10-8(3-1-4-9(10)17)11(18)20-6-2-5-19-7-12(14,15)16/h1,3-4H,2,5-7,17H2. The Morgan fingerprint density at radius 2 is 2.00 bits per heavy atom. The van der Waals surface area contributed by atoms with Gasteiger partial charge in [0.1, 0.15) is 6.61 Å². The monoisotopic (exact) mass is 355 g/mol. The van der Waals surface area contributed by atoms with E-state index in [0.717, 1.165) is 0 Å². The number of anilines is 1. The fraction of sp³-hybridized carbons (Fsp3) is 0.417. The molecule has 0 aliphatic rings. The van der Waals surface area contributed by atoms with E-state index < -0.39 is 18.8 Å². The van der Waals surface area contributed by atoms with Gasteiger partial charge in [-0.05, 0) is 28.1 Å². The van der Waals surface area contributed by atoms with Gasteiger partial charge in [0.25, 0.3) is 0 Å². The summed E-state index contributed by atoms with van der Waals surface area (Å²) < 4.78 is 45.0. The van der Waals surface area contributed by atoms with Crippen molar-refractivity contribution in [3.8, 4) is 0 Å². The van der Waals surface area contributed by atoms with Gasteiger partial charge in [0, 0.05) is 12.1 Å². The van der Waals surface area contributed by atoms with E-state index in [9.17, 15) is 18.0 Å². The number of hydrogen-bond acceptors (Lipinski definition) is 4. The van der Waals surface area contributed by atoms with Crippen LogP contribution in [0.3, 0.4) is 0 Å². The zero-order valence-electron chi connectivity index (χ0n) is 10.4. The number of alkyl halides is 3. The third kappa shape index (κ3) is 5.79. The molecule has 1 aromatic carbocycles. The average Bonchev–Trinajstić information content (AvgIpc) is 2.35. The fourth-order valence-electron chi connectivity index (χ4n) is 1.30. The summed E-state index contributed by atoms with van der Waals surface area (Å²) >= 11 is 3.16. The minimum atomic E-state index is -4.34. The Bertz CT molecular complexity index is 466. The molecule has 0 heterocycles. The molecule has 2 N–H and O–H groups in total. The van der Waals surface area contributed by atoms with Crippen LogP contribution in [0.25, 0.3) is 0 Å². The van der Waals surface area contributed by atoms with Crippen molar-refractivity contribution >= 4 is 27.6 Å². The van der Waals surface area contributed by atoms with Crippen molar-refractivity contribution in [2.75, 3.05) is 25.6 Å². The first-order valence-corrected chi connectivity index (χ1v) is 6.46. The van der Waals surface area contributed by atoms with Gasteiger partial charge in [-0.2, -0.15) is 13.2 Å². The van der Waals surface area contributed by atoms with Crippen LogP contribution in [0.2, 0.25) is 0 Å². The Kier molecular flexibility index (Phi) is 6.28. The molecule has 8 heteroatoms. The molecule has 0 spiro atoms. The van der Waals surface area contributed by atoms with E-state index in [4.69, 9.17) is 10.5 Å². The smallest absolute Gasteiger partial charge is 0.411 e. The van der Waals surface area contributed by atoms with Crippen LogP contribution in [0.1, 0.15) is 16.8 Å². The van der Waals surface area contributed by atoms with Gasteiger partial charge < -0.3 is 15.2 Å². The Balaban J connectivity index is 2.29. The molecule has 0 saturated carbocycles. The molecule has 0 unspecified atom stereocenters. The average molecular weight is 356 g/mol. The van der Waals surface area contributed by atoms with Gasteiger partial charge in [-0.1, -0.05) is 6.07 Å². The van der Waals surface area contributed by atoms with Crippen molar-refractivity contribution in [1.29, 1.82) is 0 Å². The molecular formula is C12H13BrF3NO3. The van der Waals surface area contributed by atoms with E-state index in [-0.39, 0.29) is 25.2 Å². The number of nitrogen functional groups attached to an aromatic ring is 1. The molecular weight excluding hydrogens is 343 g/mol. The number of esters is 1. The molecule has 0 aliphatic carbocycles. The predicted molar refractivity (Wildman–Crippen MR) is 70.3 cm³/mol. The van der Waals surface area contributed by atoms with Gasteiger partial charge in [0.2, 0.25) is 0 Å². The zero-order valence-corrected chi connectivity index (χ0v) is 12.0. The van der Waals surface area contributed by atoms with E-state index in [0.29, 0.717) is 10.2 Å². The van der Waals surface area contributed by atoms with Crippen molar-refractivity contribution in [3.63, 3.8) is 0 Å². The fourth-order valence-corrected chi connectivity index (χ4v) is 1.73. The zero-order chi connectivity index (χ0) is 15.2. The van der Waals surface area contributed by atoms with E-state index in [2.05, 4.69) is 20.7 Å². The van der Waals surface area contributed by atoms with E-state index >= 15 is 0 Å². The van der Waals surface area contributed by atoms with Crippen LogP contribution < -0.4 is 5.73 Å². The summed E-state index contributed by atoms with van der Waals surface area (Å²) in [6.07, 6.45) is -4.16. The Hall–Kier alpha value is -1.28. The maximum Gasteiger partial charge on any atom is 0.411 e. The molecule has 0 aromatic heterocycles. The third-order valence-corrected chi connectivity index (χ3v) is 3.07. The summed E-state index contributed by atoms with van der Waals surface area (Å²) in [4.78, 5) is 11.7. The molecule has 0 radical (unpaired) electrons. The van der Waals surface area contributed by atoms with Crippen LogP contribution in [0.5, 0.6) is 0 Å². The topological polar surface area (TPSA) is 61.6 Å². The highest BCUT2D eigenvalue weighted by Gasteiger charge is 2.27. The van der Waals surface area contributed by atoms with Gasteiger partial charge in [-0.25, -0.2) is 4.79 Å². The lowest BCUT2D eigenvalue weighted by molar-refractivity contribution is -0.174. The number of halogens is 4. The number of carbonyl (C=O) groups excluding carboxylic acids is 1. The summed E-state index contributed by atoms with van der Waals surface area (Å²) in [5.41, 5.74) is 6.27. The van der Waals surface area contributed by atoms with Crippen molar-refractivity contribution in [3.05, 3.63) is 28.2 Å². The van der Waals surface area contributed by atoms with Gasteiger partial charge in [-0.15, -0.1) is 0 Å². The molecule has 1 aromatic rings. The summed E-state index contributed by atoms with van der Waals surface area (Å²) in [6.45, 7) is -1.47. The van der Waals surface area contributed by atoms with Crippen LogP contribution in [0.15, 0.2) is 22.7 Å². The van der Waals surface area contributed by atoms with Crippen molar-refractivity contribution in [2.45, 2.75) is 12.6 Å². The van der Waals surface area contributed by atoms with Crippen LogP contribution in [0.4, 0.5) is 18.9 Å². The highest BCUT2D eigenvalue weighted by molar-refractivity contribution is 9.10. The van der Waals surface area contributed by atoms with E-state index in [1.807, 2.05) is 0 Å². The molecule has 1 rings (SSSR count). The quantitative estimate of drug-likeness (QED) is 0.483. The molecule has 4 nitrogen and oxygen atoms in total. The van der Waals surface area contributed by atoms with Crippen molar-refractivity contribution < 1.29 is 27.4 Å². The normalized spacial score (nSPS) is 11.4. The van der Waals surface area contributed by atoms with E-state index in [1.54, 1.807) is 12.1 Å². The van der Waals surface area contributed by atoms with Gasteiger partial charge in [0.15, 0.2) is 0 Å². The molecule has 20 heavy (non-hydrogen) atoms. The summed E-state index contributed by atoms with van der Waals surface area (Å²) in [5, 5.41) is 0. The largest absolute Gasteiger partial charge is 0.462 e. The highest BCUT2D eigenvalue weighted by atomic mass is 79.9. The predicted octanol–water partition coefficient (Wildman–Crippen LogP) is 3.16. The lowest BCUT2D eigenvalue weighted by atomic mass is 10.2. The number of rotatable bonds is 6. The van der Waals surface area contributed by atoms with Crippen molar-refractivity contribution in [2.24, 2.45) is 0 Å². The number of carbonyl (C=O) groups is 1. The van der Waals surface area contributed by atoms with Gasteiger partial charge in [0.05, 0.1) is 23.2 Å². The first kappa shape index (κ1) is 16.8. The maximum atomic E-state index is 11.8. The molecule has 0 fully saturated rings.